The summed E-state index contributed by atoms with van der Waals surface area (Å²) in [6.07, 6.45) is 3.84. The number of guanidine groups is 1. The number of nitrogens with one attached hydrogen (secondary N) is 2. The van der Waals surface area contributed by atoms with Gasteiger partial charge in [-0.1, -0.05) is 48.5 Å². The van der Waals surface area contributed by atoms with E-state index in [1.54, 1.807) is 4.90 Å². The lowest BCUT2D eigenvalue weighted by molar-refractivity contribution is 0.402. The molecule has 0 aliphatic carbocycles. The molecular formula is C17H42N4. The van der Waals surface area contributed by atoms with Crippen LogP contribution in [-0.2, 0) is 0 Å². The summed E-state index contributed by atoms with van der Waals surface area (Å²) >= 11 is 0. The van der Waals surface area contributed by atoms with E-state index in [1.807, 2.05) is 34.7 Å². The molecule has 0 aromatic carbocycles. The predicted molar refractivity (Wildman–Crippen MR) is 98.0 cm³/mol. The van der Waals surface area contributed by atoms with Crippen LogP contribution < -0.4 is 11.1 Å². The molecule has 21 heavy (non-hydrogen) atoms. The Bertz CT molecular complexity index is 199. The number of rotatable bonds is 3. The minimum absolute atomic E-state index is 0.153. The largest absolute Gasteiger partial charge is 0.370 e. The predicted octanol–water partition coefficient (Wildman–Crippen LogP) is 3.92. The lowest BCUT2D eigenvalue weighted by Crippen LogP contribution is -2.33. The van der Waals surface area contributed by atoms with Gasteiger partial charge < -0.3 is 16.0 Å². The van der Waals surface area contributed by atoms with Gasteiger partial charge >= 0.3 is 0 Å². The van der Waals surface area contributed by atoms with Gasteiger partial charge in [0.1, 0.15) is 0 Å². The summed E-state index contributed by atoms with van der Waals surface area (Å²) in [6.45, 7) is 18.0. The number of nitrogens with two attached hydrogens (primary N) is 1. The molecule has 1 rings (SSSR count). The van der Waals surface area contributed by atoms with Crippen LogP contribution in [0.1, 0.15) is 67.7 Å². The van der Waals surface area contributed by atoms with Crippen molar-refractivity contribution < 1.29 is 0 Å². The van der Waals surface area contributed by atoms with E-state index in [2.05, 4.69) is 26.1 Å². The molecule has 0 unspecified atom stereocenters. The smallest absolute Gasteiger partial charge is 0.188 e. The number of nitrogens with zero attached hydrogens (tertiary/aromatic N) is 1. The summed E-state index contributed by atoms with van der Waals surface area (Å²) in [5.41, 5.74) is 5.23. The van der Waals surface area contributed by atoms with E-state index in [0.29, 0.717) is 5.92 Å². The first-order chi connectivity index (χ1) is 9.93. The van der Waals surface area contributed by atoms with Crippen LogP contribution in [0, 0.1) is 17.2 Å². The molecule has 4 heteroatoms. The lowest BCUT2D eigenvalue weighted by atomic mass is 10.0. The van der Waals surface area contributed by atoms with Gasteiger partial charge in [0.05, 0.1) is 0 Å². The Hall–Kier alpha value is -0.770. The van der Waals surface area contributed by atoms with Gasteiger partial charge in [0, 0.05) is 13.6 Å². The maximum Gasteiger partial charge on any atom is 0.188 e. The van der Waals surface area contributed by atoms with Crippen molar-refractivity contribution in [2.45, 2.75) is 67.7 Å². The van der Waals surface area contributed by atoms with Crippen molar-refractivity contribution in [3.63, 3.8) is 0 Å². The summed E-state index contributed by atoms with van der Waals surface area (Å²) in [5.74, 6) is 1.81. The second-order valence-corrected chi connectivity index (χ2v) is 5.42. The highest BCUT2D eigenvalue weighted by atomic mass is 15.2. The molecule has 1 heterocycles. The third kappa shape index (κ3) is 21.7. The molecule has 1 saturated heterocycles. The molecule has 4 N–H and O–H groups in total. The van der Waals surface area contributed by atoms with Crippen LogP contribution in [0.5, 0.6) is 0 Å². The fourth-order valence-electron chi connectivity index (χ4n) is 1.54. The Labute approximate surface area is 134 Å². The molecule has 0 bridgehead atoms. The molecule has 0 amide bonds. The van der Waals surface area contributed by atoms with Gasteiger partial charge in [-0.2, -0.15) is 0 Å². The van der Waals surface area contributed by atoms with Crippen molar-refractivity contribution in [1.82, 2.24) is 10.2 Å². The highest BCUT2D eigenvalue weighted by Gasteiger charge is 2.05. The third-order valence-corrected chi connectivity index (χ3v) is 3.08. The van der Waals surface area contributed by atoms with Gasteiger partial charge in [-0.15, -0.1) is 0 Å². The second-order valence-electron chi connectivity index (χ2n) is 5.42. The standard InChI is InChI=1S/C7H17N3.C6H13N.2C2H6/c1-6(2)4-5-10(3)7(8)9;1-6-2-4-7-5-3-6;2*1-2/h6H,4-5H2,1-3H3,(H3,8,9);6-7H,2-5H2,1H3;2*1-2H3. The normalized spacial score (nSPS) is 13.8. The lowest BCUT2D eigenvalue weighted by Gasteiger charge is -2.17. The Kier molecular flexibility index (Phi) is 23.1. The van der Waals surface area contributed by atoms with E-state index in [-0.39, 0.29) is 5.96 Å². The molecule has 130 valence electrons. The number of hydrogen-bond donors (Lipinski definition) is 3. The van der Waals surface area contributed by atoms with E-state index >= 15 is 0 Å². The molecule has 0 aromatic heterocycles. The monoisotopic (exact) mass is 302 g/mol. The fraction of sp³-hybridized carbons (Fsp3) is 0.941. The van der Waals surface area contributed by atoms with Gasteiger partial charge in [0.25, 0.3) is 0 Å². The first kappa shape index (κ1) is 25.2. The van der Waals surface area contributed by atoms with Crippen molar-refractivity contribution in [3.05, 3.63) is 0 Å². The molecule has 0 radical (unpaired) electrons. The molecule has 0 saturated carbocycles. The fourth-order valence-corrected chi connectivity index (χ4v) is 1.54. The number of hydrogen-bond acceptors (Lipinski definition) is 2. The maximum absolute atomic E-state index is 7.05. The van der Waals surface area contributed by atoms with Crippen molar-refractivity contribution in [3.8, 4) is 0 Å². The SMILES string of the molecule is CC.CC.CC(C)CCN(C)C(=N)N.CC1CCNCC1. The Morgan fingerprint density at radius 1 is 1.19 bits per heavy atom. The van der Waals surface area contributed by atoms with Gasteiger partial charge in [0.15, 0.2) is 5.96 Å². The van der Waals surface area contributed by atoms with Gasteiger partial charge in [-0.05, 0) is 44.2 Å². The van der Waals surface area contributed by atoms with Crippen LogP contribution >= 0.6 is 0 Å². The summed E-state index contributed by atoms with van der Waals surface area (Å²) in [4.78, 5) is 1.75. The average molecular weight is 303 g/mol. The Balaban J connectivity index is -0.000000256. The van der Waals surface area contributed by atoms with Crippen molar-refractivity contribution in [1.29, 1.82) is 5.41 Å². The topological polar surface area (TPSA) is 65.1 Å². The summed E-state index contributed by atoms with van der Waals surface area (Å²) in [6, 6.07) is 0. The molecule has 4 nitrogen and oxygen atoms in total. The molecule has 1 fully saturated rings. The van der Waals surface area contributed by atoms with Crippen molar-refractivity contribution >= 4 is 5.96 Å². The van der Waals surface area contributed by atoms with Crippen LogP contribution in [0.2, 0.25) is 0 Å². The third-order valence-electron chi connectivity index (χ3n) is 3.08. The second kappa shape index (κ2) is 19.2. The zero-order chi connectivity index (χ0) is 17.3. The van der Waals surface area contributed by atoms with Crippen LogP contribution in [0.15, 0.2) is 0 Å². The van der Waals surface area contributed by atoms with Gasteiger partial charge in [0.2, 0.25) is 0 Å². The van der Waals surface area contributed by atoms with Crippen molar-refractivity contribution in [2.24, 2.45) is 17.6 Å². The molecule has 0 atom stereocenters. The minimum Gasteiger partial charge on any atom is -0.370 e. The maximum atomic E-state index is 7.05. The van der Waals surface area contributed by atoms with Crippen LogP contribution in [0.25, 0.3) is 0 Å². The van der Waals surface area contributed by atoms with Gasteiger partial charge in [-0.3, -0.25) is 5.41 Å². The zero-order valence-corrected chi connectivity index (χ0v) is 15.9. The molecule has 1 aliphatic rings. The summed E-state index contributed by atoms with van der Waals surface area (Å²) < 4.78 is 0. The van der Waals surface area contributed by atoms with E-state index in [4.69, 9.17) is 11.1 Å². The molecule has 0 spiro atoms. The summed E-state index contributed by atoms with van der Waals surface area (Å²) in [5, 5.41) is 10.4. The van der Waals surface area contributed by atoms with E-state index in [1.165, 1.54) is 25.9 Å². The van der Waals surface area contributed by atoms with E-state index in [0.717, 1.165) is 18.9 Å². The Morgan fingerprint density at radius 2 is 1.62 bits per heavy atom. The molecular weight excluding hydrogens is 260 g/mol. The van der Waals surface area contributed by atoms with Crippen LogP contribution in [0.3, 0.4) is 0 Å². The number of piperidine rings is 1. The highest BCUT2D eigenvalue weighted by Crippen LogP contribution is 2.08. The average Bonchev–Trinajstić information content (AvgIpc) is 2.50. The first-order valence-corrected chi connectivity index (χ1v) is 8.69. The highest BCUT2D eigenvalue weighted by molar-refractivity contribution is 5.74. The Morgan fingerprint density at radius 3 is 1.86 bits per heavy atom. The van der Waals surface area contributed by atoms with Crippen LogP contribution in [-0.4, -0.2) is 37.5 Å². The zero-order valence-electron chi connectivity index (χ0n) is 15.9. The van der Waals surface area contributed by atoms with Crippen molar-refractivity contribution in [2.75, 3.05) is 26.7 Å². The first-order valence-electron chi connectivity index (χ1n) is 8.69. The summed E-state index contributed by atoms with van der Waals surface area (Å²) in [7, 11) is 1.84. The van der Waals surface area contributed by atoms with E-state index < -0.39 is 0 Å². The molecule has 0 aromatic rings. The minimum atomic E-state index is 0.153. The molecule has 1 aliphatic heterocycles. The van der Waals surface area contributed by atoms with Crippen LogP contribution in [0.4, 0.5) is 0 Å². The quantitative estimate of drug-likeness (QED) is 0.547. The van der Waals surface area contributed by atoms with E-state index in [9.17, 15) is 0 Å². The van der Waals surface area contributed by atoms with Gasteiger partial charge in [-0.25, -0.2) is 0 Å².